The molecule has 1 rings (SSSR count). The first-order valence-electron chi connectivity index (χ1n) is 6.08. The first-order valence-corrected chi connectivity index (χ1v) is 6.08. The third kappa shape index (κ3) is 3.77. The lowest BCUT2D eigenvalue weighted by molar-refractivity contribution is -0.387. The van der Waals surface area contributed by atoms with Crippen LogP contribution in [0.15, 0.2) is 18.2 Å². The van der Waals surface area contributed by atoms with Crippen LogP contribution in [-0.4, -0.2) is 22.9 Å². The standard InChI is InChI=1S/C13H19FN2O2/c1-4-5-10(2)15(3)9-11-6-7-13(16(17)18)12(14)8-11/h6-8,10H,4-5,9H2,1-3H3. The van der Waals surface area contributed by atoms with E-state index in [1.807, 2.05) is 7.05 Å². The van der Waals surface area contributed by atoms with Gasteiger partial charge in [-0.2, -0.15) is 4.39 Å². The van der Waals surface area contributed by atoms with Gasteiger partial charge in [0.25, 0.3) is 0 Å². The van der Waals surface area contributed by atoms with Gasteiger partial charge in [-0.05, 0) is 32.0 Å². The second-order valence-corrected chi connectivity index (χ2v) is 4.60. The molecule has 0 aromatic heterocycles. The molecule has 1 unspecified atom stereocenters. The van der Waals surface area contributed by atoms with Crippen LogP contribution in [0.1, 0.15) is 32.3 Å². The molecule has 0 heterocycles. The fraction of sp³-hybridized carbons (Fsp3) is 0.538. The number of benzene rings is 1. The maximum absolute atomic E-state index is 13.4. The van der Waals surface area contributed by atoms with Crippen molar-refractivity contribution in [2.24, 2.45) is 0 Å². The van der Waals surface area contributed by atoms with Gasteiger partial charge in [0.1, 0.15) is 0 Å². The Morgan fingerprint density at radius 1 is 1.50 bits per heavy atom. The largest absolute Gasteiger partial charge is 0.304 e. The van der Waals surface area contributed by atoms with E-state index in [-0.39, 0.29) is 0 Å². The first kappa shape index (κ1) is 14.6. The Bertz CT molecular complexity index is 423. The summed E-state index contributed by atoms with van der Waals surface area (Å²) in [4.78, 5) is 11.9. The van der Waals surface area contributed by atoms with Crippen LogP contribution in [0.4, 0.5) is 10.1 Å². The van der Waals surface area contributed by atoms with Gasteiger partial charge in [-0.25, -0.2) is 0 Å². The second-order valence-electron chi connectivity index (χ2n) is 4.60. The van der Waals surface area contributed by atoms with Gasteiger partial charge in [0.15, 0.2) is 0 Å². The molecule has 0 radical (unpaired) electrons. The normalized spacial score (nSPS) is 12.7. The molecular formula is C13H19FN2O2. The van der Waals surface area contributed by atoms with E-state index in [0.29, 0.717) is 12.6 Å². The molecule has 0 fully saturated rings. The topological polar surface area (TPSA) is 46.4 Å². The van der Waals surface area contributed by atoms with E-state index in [9.17, 15) is 14.5 Å². The molecule has 0 aliphatic heterocycles. The molecule has 1 aromatic carbocycles. The van der Waals surface area contributed by atoms with Crippen LogP contribution >= 0.6 is 0 Å². The van der Waals surface area contributed by atoms with Crippen molar-refractivity contribution < 1.29 is 9.31 Å². The maximum atomic E-state index is 13.4. The number of nitro groups is 1. The summed E-state index contributed by atoms with van der Waals surface area (Å²) in [6, 6.07) is 4.49. The second kappa shape index (κ2) is 6.44. The zero-order chi connectivity index (χ0) is 13.7. The van der Waals surface area contributed by atoms with Crippen LogP contribution in [0.3, 0.4) is 0 Å². The lowest BCUT2D eigenvalue weighted by Crippen LogP contribution is -2.28. The summed E-state index contributed by atoms with van der Waals surface area (Å²) < 4.78 is 13.4. The lowest BCUT2D eigenvalue weighted by atomic mass is 10.1. The smallest absolute Gasteiger partial charge is 0.299 e. The minimum atomic E-state index is -0.769. The van der Waals surface area contributed by atoms with Crippen LogP contribution in [0.5, 0.6) is 0 Å². The van der Waals surface area contributed by atoms with Gasteiger partial charge in [0, 0.05) is 18.7 Å². The fourth-order valence-electron chi connectivity index (χ4n) is 1.88. The fourth-order valence-corrected chi connectivity index (χ4v) is 1.88. The third-order valence-corrected chi connectivity index (χ3v) is 3.10. The number of hydrogen-bond donors (Lipinski definition) is 0. The Hall–Kier alpha value is -1.49. The average molecular weight is 254 g/mol. The van der Waals surface area contributed by atoms with Crippen molar-refractivity contribution in [2.75, 3.05) is 7.05 Å². The minimum Gasteiger partial charge on any atom is -0.299 e. The van der Waals surface area contributed by atoms with Crippen LogP contribution in [-0.2, 0) is 6.54 Å². The summed E-state index contributed by atoms with van der Waals surface area (Å²) in [6.07, 6.45) is 2.17. The van der Waals surface area contributed by atoms with Crippen molar-refractivity contribution in [1.82, 2.24) is 4.90 Å². The van der Waals surface area contributed by atoms with Crippen molar-refractivity contribution in [1.29, 1.82) is 0 Å². The number of rotatable bonds is 6. The summed E-state index contributed by atoms with van der Waals surface area (Å²) in [5.41, 5.74) is 0.284. The van der Waals surface area contributed by atoms with Crippen molar-refractivity contribution in [2.45, 2.75) is 39.3 Å². The Labute approximate surface area is 107 Å². The molecule has 5 heteroatoms. The monoisotopic (exact) mass is 254 g/mol. The van der Waals surface area contributed by atoms with Crippen molar-refractivity contribution >= 4 is 5.69 Å². The Morgan fingerprint density at radius 3 is 2.67 bits per heavy atom. The molecule has 4 nitrogen and oxygen atoms in total. The zero-order valence-electron chi connectivity index (χ0n) is 11.0. The average Bonchev–Trinajstić information content (AvgIpc) is 2.28. The molecule has 0 saturated heterocycles. The number of hydrogen-bond acceptors (Lipinski definition) is 3. The van der Waals surface area contributed by atoms with Crippen LogP contribution < -0.4 is 0 Å². The van der Waals surface area contributed by atoms with Crippen molar-refractivity contribution in [3.8, 4) is 0 Å². The van der Waals surface area contributed by atoms with E-state index < -0.39 is 16.4 Å². The van der Waals surface area contributed by atoms with E-state index in [1.165, 1.54) is 12.1 Å². The summed E-state index contributed by atoms with van der Waals surface area (Å²) in [6.45, 7) is 4.83. The molecule has 0 aliphatic rings. The van der Waals surface area contributed by atoms with Crippen LogP contribution in [0.25, 0.3) is 0 Å². The number of halogens is 1. The highest BCUT2D eigenvalue weighted by Gasteiger charge is 2.15. The highest BCUT2D eigenvalue weighted by Crippen LogP contribution is 2.19. The van der Waals surface area contributed by atoms with Crippen LogP contribution in [0.2, 0.25) is 0 Å². The minimum absolute atomic E-state index is 0.410. The zero-order valence-corrected chi connectivity index (χ0v) is 11.0. The molecule has 0 N–H and O–H groups in total. The van der Waals surface area contributed by atoms with Crippen molar-refractivity contribution in [3.05, 3.63) is 39.7 Å². The highest BCUT2D eigenvalue weighted by atomic mass is 19.1. The first-order chi connectivity index (χ1) is 8.45. The Morgan fingerprint density at radius 2 is 2.17 bits per heavy atom. The highest BCUT2D eigenvalue weighted by molar-refractivity contribution is 5.34. The molecule has 0 amide bonds. The Kier molecular flexibility index (Phi) is 5.22. The van der Waals surface area contributed by atoms with Gasteiger partial charge in [-0.1, -0.05) is 19.4 Å². The molecular weight excluding hydrogens is 235 g/mol. The third-order valence-electron chi connectivity index (χ3n) is 3.10. The molecule has 18 heavy (non-hydrogen) atoms. The SMILES string of the molecule is CCCC(C)N(C)Cc1ccc([N+](=O)[O-])c(F)c1. The summed E-state index contributed by atoms with van der Waals surface area (Å²) in [7, 11) is 1.97. The van der Waals surface area contributed by atoms with E-state index in [4.69, 9.17) is 0 Å². The Balaban J connectivity index is 2.74. The summed E-state index contributed by atoms with van der Waals surface area (Å²) in [5.74, 6) is -0.769. The number of nitro benzene ring substituents is 1. The van der Waals surface area contributed by atoms with Gasteiger partial charge in [-0.15, -0.1) is 0 Å². The molecule has 0 aliphatic carbocycles. The predicted molar refractivity (Wildman–Crippen MR) is 68.9 cm³/mol. The van der Waals surface area contributed by atoms with E-state index in [1.54, 1.807) is 6.07 Å². The molecule has 100 valence electrons. The summed E-state index contributed by atoms with van der Waals surface area (Å²) in [5, 5.41) is 10.5. The molecule has 0 spiro atoms. The predicted octanol–water partition coefficient (Wildman–Crippen LogP) is 3.35. The van der Waals surface area contributed by atoms with Gasteiger partial charge >= 0.3 is 5.69 Å². The maximum Gasteiger partial charge on any atom is 0.304 e. The molecule has 0 saturated carbocycles. The quantitative estimate of drug-likeness (QED) is 0.577. The van der Waals surface area contributed by atoms with E-state index in [2.05, 4.69) is 18.7 Å². The lowest BCUT2D eigenvalue weighted by Gasteiger charge is -2.24. The summed E-state index contributed by atoms with van der Waals surface area (Å²) >= 11 is 0. The van der Waals surface area contributed by atoms with Crippen LogP contribution in [0, 0.1) is 15.9 Å². The van der Waals surface area contributed by atoms with Gasteiger partial charge in [0.05, 0.1) is 4.92 Å². The van der Waals surface area contributed by atoms with Gasteiger partial charge in [0.2, 0.25) is 5.82 Å². The molecule has 1 aromatic rings. The van der Waals surface area contributed by atoms with Gasteiger partial charge < -0.3 is 0 Å². The van der Waals surface area contributed by atoms with Gasteiger partial charge in [-0.3, -0.25) is 15.0 Å². The number of nitrogens with zero attached hydrogens (tertiary/aromatic N) is 2. The van der Waals surface area contributed by atoms with E-state index >= 15 is 0 Å². The molecule has 0 bridgehead atoms. The molecule has 1 atom stereocenters. The van der Waals surface area contributed by atoms with Crippen molar-refractivity contribution in [3.63, 3.8) is 0 Å². The van der Waals surface area contributed by atoms with E-state index in [0.717, 1.165) is 18.4 Å².